The monoisotopic (exact) mass is 616 g/mol. The van der Waals surface area contributed by atoms with E-state index in [0.717, 1.165) is 18.2 Å². The number of oxazole rings is 1. The zero-order valence-corrected chi connectivity index (χ0v) is 23.4. The molecular weight excluding hydrogens is 594 g/mol. The molecule has 0 N–H and O–H groups in total. The summed E-state index contributed by atoms with van der Waals surface area (Å²) in [7, 11) is -9.88. The topological polar surface area (TPSA) is 208 Å². The van der Waals surface area contributed by atoms with Crippen LogP contribution in [0.3, 0.4) is 0 Å². The third-order valence-corrected chi connectivity index (χ3v) is 8.28. The van der Waals surface area contributed by atoms with Gasteiger partial charge >= 0.3 is 5.97 Å². The Balaban J connectivity index is 1.27. The summed E-state index contributed by atoms with van der Waals surface area (Å²) in [6.07, 6.45) is 5.47. The number of rotatable bonds is 10. The Morgan fingerprint density at radius 3 is 2.29 bits per heavy atom. The molecule has 14 nitrogen and oxygen atoms in total. The fourth-order valence-electron chi connectivity index (χ4n) is 4.51. The number of hydrogen-bond acceptors (Lipinski definition) is 12. The van der Waals surface area contributed by atoms with E-state index in [1.54, 1.807) is 24.5 Å². The third-order valence-electron chi connectivity index (χ3n) is 6.61. The Bertz CT molecular complexity index is 1930. The molecule has 0 spiro atoms. The van der Waals surface area contributed by atoms with Crippen molar-refractivity contribution >= 4 is 59.9 Å². The number of hydroxylamine groups is 2. The summed E-state index contributed by atoms with van der Waals surface area (Å²) in [5, 5.41) is 0.829. The second-order valence-electron chi connectivity index (χ2n) is 9.54. The first-order chi connectivity index (χ1) is 19.8. The SMILES string of the molecule is O=C(CCCCC[n+]1ccc(-c2nc3c(o2)c(S(=O)(=O)[O-])cc2cc(S(=O)(=O)[O-])ccc23)cc1)ON1C(=O)CCC1=O. The van der Waals surface area contributed by atoms with Gasteiger partial charge in [0.2, 0.25) is 5.89 Å². The van der Waals surface area contributed by atoms with Crippen LogP contribution in [0.2, 0.25) is 0 Å². The molecule has 42 heavy (non-hydrogen) atoms. The number of pyridine rings is 1. The second kappa shape index (κ2) is 11.2. The van der Waals surface area contributed by atoms with Crippen LogP contribution >= 0.6 is 0 Å². The van der Waals surface area contributed by atoms with E-state index in [2.05, 4.69) is 4.98 Å². The minimum Gasteiger partial charge on any atom is -0.744 e. The molecule has 2 aromatic heterocycles. The molecule has 0 aliphatic carbocycles. The molecule has 1 saturated heterocycles. The molecule has 0 saturated carbocycles. The number of aryl methyl sites for hydroxylation is 1. The molecule has 5 rings (SSSR count). The number of imide groups is 1. The van der Waals surface area contributed by atoms with Gasteiger partial charge < -0.3 is 18.4 Å². The highest BCUT2D eigenvalue weighted by atomic mass is 32.2. The highest BCUT2D eigenvalue weighted by Gasteiger charge is 2.32. The van der Waals surface area contributed by atoms with Crippen LogP contribution in [0.5, 0.6) is 0 Å². The van der Waals surface area contributed by atoms with Crippen molar-refractivity contribution in [2.75, 3.05) is 0 Å². The summed E-state index contributed by atoms with van der Waals surface area (Å²) in [6.45, 7) is 0.597. The first-order valence-corrected chi connectivity index (χ1v) is 15.5. The van der Waals surface area contributed by atoms with Gasteiger partial charge in [-0.25, -0.2) is 31.2 Å². The van der Waals surface area contributed by atoms with Crippen LogP contribution in [0.25, 0.3) is 33.3 Å². The molecule has 0 atom stereocenters. The van der Waals surface area contributed by atoms with Gasteiger partial charge in [0.15, 0.2) is 18.0 Å². The van der Waals surface area contributed by atoms with Gasteiger partial charge in [-0.05, 0) is 36.4 Å². The smallest absolute Gasteiger partial charge is 0.333 e. The first kappa shape index (κ1) is 29.2. The molecule has 0 unspecified atom stereocenters. The van der Waals surface area contributed by atoms with E-state index in [-0.39, 0.29) is 47.0 Å². The number of benzene rings is 2. The first-order valence-electron chi connectivity index (χ1n) is 12.7. The maximum Gasteiger partial charge on any atom is 0.333 e. The average Bonchev–Trinajstić information content (AvgIpc) is 3.51. The molecule has 2 amide bonds. The molecule has 1 aliphatic heterocycles. The lowest BCUT2D eigenvalue weighted by molar-refractivity contribution is -0.697. The maximum atomic E-state index is 12.0. The number of nitrogens with zero attached hydrogens (tertiary/aromatic N) is 3. The van der Waals surface area contributed by atoms with E-state index in [9.17, 15) is 40.3 Å². The molecular formula is C26H22N3O11S2-. The van der Waals surface area contributed by atoms with E-state index in [1.807, 2.05) is 4.57 Å². The van der Waals surface area contributed by atoms with Crippen molar-refractivity contribution in [3.05, 3.63) is 48.8 Å². The van der Waals surface area contributed by atoms with E-state index in [4.69, 9.17) is 9.25 Å². The van der Waals surface area contributed by atoms with E-state index >= 15 is 0 Å². The van der Waals surface area contributed by atoms with Gasteiger partial charge in [0.05, 0.1) is 9.79 Å². The molecule has 0 radical (unpaired) electrons. The summed E-state index contributed by atoms with van der Waals surface area (Å²) < 4.78 is 77.7. The Kier molecular flexibility index (Phi) is 7.80. The van der Waals surface area contributed by atoms with Crippen LogP contribution in [-0.4, -0.2) is 53.8 Å². The van der Waals surface area contributed by atoms with Gasteiger partial charge in [-0.15, -0.1) is 5.06 Å². The Morgan fingerprint density at radius 2 is 1.64 bits per heavy atom. The number of amides is 2. The van der Waals surface area contributed by atoms with Crippen LogP contribution < -0.4 is 4.57 Å². The number of hydrogen-bond donors (Lipinski definition) is 0. The molecule has 16 heteroatoms. The van der Waals surface area contributed by atoms with Gasteiger partial charge in [0, 0.05) is 48.8 Å². The number of fused-ring (bicyclic) bond motifs is 3. The van der Waals surface area contributed by atoms with Crippen molar-refractivity contribution in [1.29, 1.82) is 0 Å². The van der Waals surface area contributed by atoms with Crippen molar-refractivity contribution in [2.45, 2.75) is 54.9 Å². The lowest BCUT2D eigenvalue weighted by atomic mass is 10.1. The predicted octanol–water partition coefficient (Wildman–Crippen LogP) is 1.91. The van der Waals surface area contributed by atoms with Gasteiger partial charge in [0.1, 0.15) is 32.3 Å². The van der Waals surface area contributed by atoms with Crippen LogP contribution in [0, 0.1) is 0 Å². The molecule has 220 valence electrons. The molecule has 1 fully saturated rings. The zero-order valence-electron chi connectivity index (χ0n) is 21.7. The standard InChI is InChI=1S/C26H23N3O11S2/c30-21-7-8-22(31)29(21)40-23(32)4-2-1-3-11-28-12-9-16(10-13-28)26-27-24-19-6-5-18(41(33,34)35)14-17(19)15-20(25(24)39-26)42(36,37)38/h5-6,9-10,12-15H,1-4,7-8,11H2,(H-,33,34,35,36,37,38)/p-1. The summed E-state index contributed by atoms with van der Waals surface area (Å²) in [5.41, 5.74) is 0.191. The largest absolute Gasteiger partial charge is 0.744 e. The van der Waals surface area contributed by atoms with Crippen molar-refractivity contribution in [3.8, 4) is 11.5 Å². The van der Waals surface area contributed by atoms with Crippen LogP contribution in [0.15, 0.2) is 63.0 Å². The molecule has 3 heterocycles. The quantitative estimate of drug-likeness (QED) is 0.108. The lowest BCUT2D eigenvalue weighted by Gasteiger charge is -2.12. The second-order valence-corrected chi connectivity index (χ2v) is 12.3. The average molecular weight is 617 g/mol. The minimum absolute atomic E-state index is 0.0143. The highest BCUT2D eigenvalue weighted by Crippen LogP contribution is 2.35. The fraction of sp³-hybridized carbons (Fsp3) is 0.269. The zero-order chi connectivity index (χ0) is 30.2. The summed E-state index contributed by atoms with van der Waals surface area (Å²) in [5.74, 6) is -1.68. The molecule has 0 bridgehead atoms. The van der Waals surface area contributed by atoms with Gasteiger partial charge in [-0.3, -0.25) is 9.59 Å². The number of carbonyl (C=O) groups excluding carboxylic acids is 3. The van der Waals surface area contributed by atoms with Gasteiger partial charge in [-0.1, -0.05) is 6.07 Å². The van der Waals surface area contributed by atoms with Crippen molar-refractivity contribution < 1.29 is 54.1 Å². The van der Waals surface area contributed by atoms with E-state index in [0.29, 0.717) is 36.4 Å². The number of unbranched alkanes of at least 4 members (excludes halogenated alkanes) is 2. The minimum atomic E-state index is -5.05. The van der Waals surface area contributed by atoms with E-state index < -0.39 is 47.8 Å². The van der Waals surface area contributed by atoms with Crippen LogP contribution in [0.1, 0.15) is 38.5 Å². The summed E-state index contributed by atoms with van der Waals surface area (Å²) in [4.78, 5) is 42.8. The van der Waals surface area contributed by atoms with Crippen molar-refractivity contribution in [1.82, 2.24) is 10.0 Å². The molecule has 1 aliphatic rings. The summed E-state index contributed by atoms with van der Waals surface area (Å²) >= 11 is 0. The normalized spacial score (nSPS) is 14.3. The highest BCUT2D eigenvalue weighted by molar-refractivity contribution is 7.86. The third kappa shape index (κ3) is 6.15. The summed E-state index contributed by atoms with van der Waals surface area (Å²) in [6, 6.07) is 7.62. The van der Waals surface area contributed by atoms with E-state index in [1.165, 1.54) is 6.07 Å². The Morgan fingerprint density at radius 1 is 0.952 bits per heavy atom. The maximum absolute atomic E-state index is 12.0. The molecule has 2 aromatic carbocycles. The van der Waals surface area contributed by atoms with Crippen molar-refractivity contribution in [3.63, 3.8) is 0 Å². The number of carbonyl (C=O) groups is 3. The Labute approximate surface area is 239 Å². The predicted molar refractivity (Wildman–Crippen MR) is 139 cm³/mol. The van der Waals surface area contributed by atoms with Crippen LogP contribution in [0.4, 0.5) is 0 Å². The lowest BCUT2D eigenvalue weighted by Crippen LogP contribution is -2.32. The van der Waals surface area contributed by atoms with Crippen molar-refractivity contribution in [2.24, 2.45) is 0 Å². The Hall–Kier alpha value is -4.25. The van der Waals surface area contributed by atoms with Crippen LogP contribution in [-0.2, 0) is 46.0 Å². The fourth-order valence-corrected chi connectivity index (χ4v) is 5.65. The van der Waals surface area contributed by atoms with Gasteiger partial charge in [-0.2, -0.15) is 0 Å². The number of aromatic nitrogens is 2. The van der Waals surface area contributed by atoms with Gasteiger partial charge in [0.25, 0.3) is 11.8 Å². The molecule has 4 aromatic rings.